The molecule has 1 heterocycles. The van der Waals surface area contributed by atoms with Gasteiger partial charge in [0.05, 0.1) is 5.69 Å². The Morgan fingerprint density at radius 2 is 1.29 bits per heavy atom. The first-order valence-corrected chi connectivity index (χ1v) is 13.9. The molecule has 0 aliphatic carbocycles. The molecule has 0 aliphatic heterocycles. The number of rotatable bonds is 7. The number of carbonyl (C=O) groups is 1. The summed E-state index contributed by atoms with van der Waals surface area (Å²) in [6.07, 6.45) is 1.41. The van der Waals surface area contributed by atoms with E-state index in [2.05, 4.69) is 120 Å². The first kappa shape index (κ1) is 25.8. The summed E-state index contributed by atoms with van der Waals surface area (Å²) in [6.45, 7) is 0. The Kier molecular flexibility index (Phi) is 7.15. The zero-order valence-electron chi connectivity index (χ0n) is 21.9. The maximum Gasteiger partial charge on any atom is 0.346 e. The molecule has 1 N–H and O–H groups in total. The van der Waals surface area contributed by atoms with Crippen LogP contribution in [0.5, 0.6) is 0 Å². The minimum atomic E-state index is -1.22. The predicted octanol–water partition coefficient (Wildman–Crippen LogP) is 9.70. The normalized spacial score (nSPS) is 11.2. The molecule has 6 aromatic rings. The highest BCUT2D eigenvalue weighted by Crippen LogP contribution is 2.39. The number of hydrogen-bond acceptors (Lipinski definition) is 4. The molecule has 41 heavy (non-hydrogen) atoms. The van der Waals surface area contributed by atoms with Crippen molar-refractivity contribution in [1.29, 1.82) is 5.26 Å². The second-order valence-electron chi connectivity index (χ2n) is 9.47. The summed E-state index contributed by atoms with van der Waals surface area (Å²) >= 11 is 1.45. The summed E-state index contributed by atoms with van der Waals surface area (Å²) in [5.74, 6) is -1.22. The third-order valence-corrected chi connectivity index (χ3v) is 8.00. The monoisotopic (exact) mass is 548 g/mol. The van der Waals surface area contributed by atoms with Crippen molar-refractivity contribution in [3.8, 4) is 27.6 Å². The molecule has 4 nitrogen and oxygen atoms in total. The Labute approximate surface area is 242 Å². The van der Waals surface area contributed by atoms with Crippen LogP contribution >= 0.6 is 11.3 Å². The maximum atomic E-state index is 11.1. The number of fused-ring (bicyclic) bond motifs is 1. The van der Waals surface area contributed by atoms with Gasteiger partial charge < -0.3 is 10.0 Å². The third kappa shape index (κ3) is 5.38. The smallest absolute Gasteiger partial charge is 0.346 e. The highest BCUT2D eigenvalue weighted by Gasteiger charge is 2.15. The lowest BCUT2D eigenvalue weighted by atomic mass is 10.0. The number of carboxylic acids is 1. The number of para-hydroxylation sites is 1. The largest absolute Gasteiger partial charge is 0.477 e. The van der Waals surface area contributed by atoms with Crippen LogP contribution in [0.25, 0.3) is 38.4 Å². The molecule has 6 rings (SSSR count). The summed E-state index contributed by atoms with van der Waals surface area (Å²) < 4.78 is 0. The van der Waals surface area contributed by atoms with E-state index in [1.54, 1.807) is 6.07 Å². The molecule has 0 fully saturated rings. The van der Waals surface area contributed by atoms with Gasteiger partial charge in [0.1, 0.15) is 11.6 Å². The fourth-order valence-electron chi connectivity index (χ4n) is 4.91. The fraction of sp³-hybridized carbons (Fsp3) is 0. The Bertz CT molecular complexity index is 1910. The number of thiophene rings is 1. The fourth-order valence-corrected chi connectivity index (χ4v) is 5.86. The Hall–Kier alpha value is -5.44. The molecule has 1 aromatic heterocycles. The van der Waals surface area contributed by atoms with Crippen LogP contribution in [0.3, 0.4) is 0 Å². The van der Waals surface area contributed by atoms with Gasteiger partial charge in [-0.25, -0.2) is 4.79 Å². The molecule has 0 spiro atoms. The summed E-state index contributed by atoms with van der Waals surface area (Å²) in [5.41, 5.74) is 6.27. The van der Waals surface area contributed by atoms with Gasteiger partial charge in [-0.05, 0) is 70.6 Å². The molecule has 5 heteroatoms. The Morgan fingerprint density at radius 3 is 2.00 bits per heavy atom. The van der Waals surface area contributed by atoms with E-state index in [1.165, 1.54) is 28.2 Å². The predicted molar refractivity (Wildman–Crippen MR) is 169 cm³/mol. The van der Waals surface area contributed by atoms with Crippen LogP contribution in [0.2, 0.25) is 0 Å². The average Bonchev–Trinajstić information content (AvgIpc) is 3.50. The van der Waals surface area contributed by atoms with Crippen LogP contribution in [0, 0.1) is 11.3 Å². The van der Waals surface area contributed by atoms with E-state index in [4.69, 9.17) is 10.4 Å². The number of carboxylic acid groups (broad SMARTS) is 1. The van der Waals surface area contributed by atoms with Crippen LogP contribution in [-0.4, -0.2) is 11.1 Å². The summed E-state index contributed by atoms with van der Waals surface area (Å²) in [4.78, 5) is 15.2. The lowest BCUT2D eigenvalue weighted by Gasteiger charge is -2.27. The number of nitrogens with zero attached hydrogens (tertiary/aromatic N) is 2. The van der Waals surface area contributed by atoms with Gasteiger partial charge in [-0.15, -0.1) is 11.3 Å². The number of nitriles is 1. The van der Waals surface area contributed by atoms with Crippen LogP contribution in [0.1, 0.15) is 4.88 Å². The molecule has 0 amide bonds. The molecule has 5 aromatic carbocycles. The van der Waals surface area contributed by atoms with Crippen molar-refractivity contribution in [1.82, 2.24) is 0 Å². The number of anilines is 3. The first-order chi connectivity index (χ1) is 20.1. The lowest BCUT2D eigenvalue weighted by molar-refractivity contribution is -0.132. The van der Waals surface area contributed by atoms with E-state index >= 15 is 0 Å². The highest BCUT2D eigenvalue weighted by atomic mass is 32.1. The second kappa shape index (κ2) is 11.4. The van der Waals surface area contributed by atoms with Crippen LogP contribution in [-0.2, 0) is 4.79 Å². The molecule has 0 unspecified atom stereocenters. The van der Waals surface area contributed by atoms with Crippen molar-refractivity contribution >= 4 is 51.2 Å². The second-order valence-corrected chi connectivity index (χ2v) is 10.6. The van der Waals surface area contributed by atoms with Crippen LogP contribution in [0.4, 0.5) is 17.1 Å². The van der Waals surface area contributed by atoms with E-state index in [0.717, 1.165) is 43.5 Å². The molecule has 0 aliphatic rings. The van der Waals surface area contributed by atoms with Crippen molar-refractivity contribution in [3.63, 3.8) is 0 Å². The molecular weight excluding hydrogens is 524 g/mol. The van der Waals surface area contributed by atoms with Crippen molar-refractivity contribution < 1.29 is 9.90 Å². The van der Waals surface area contributed by atoms with Gasteiger partial charge >= 0.3 is 5.97 Å². The van der Waals surface area contributed by atoms with Gasteiger partial charge in [0.2, 0.25) is 0 Å². The van der Waals surface area contributed by atoms with Crippen LogP contribution in [0.15, 0.2) is 139 Å². The van der Waals surface area contributed by atoms with Crippen molar-refractivity contribution in [2.24, 2.45) is 0 Å². The zero-order chi connectivity index (χ0) is 28.2. The van der Waals surface area contributed by atoms with Gasteiger partial charge in [0, 0.05) is 26.5 Å². The van der Waals surface area contributed by atoms with Crippen molar-refractivity contribution in [2.45, 2.75) is 0 Å². The molecular formula is C36H24N2O2S. The van der Waals surface area contributed by atoms with Crippen LogP contribution < -0.4 is 4.90 Å². The zero-order valence-corrected chi connectivity index (χ0v) is 22.8. The van der Waals surface area contributed by atoms with Crippen molar-refractivity contribution in [3.05, 3.63) is 144 Å². The topological polar surface area (TPSA) is 64.3 Å². The third-order valence-electron chi connectivity index (χ3n) is 6.91. The SMILES string of the molecule is N#CC(=Cc1ccc(-c2ccc(-c3ccc(N(c4ccccc4)c4cccc5ccccc45)cc3)cc2)s1)C(=O)O. The number of aliphatic carboxylic acids is 1. The summed E-state index contributed by atoms with van der Waals surface area (Å²) in [5, 5.41) is 20.5. The van der Waals surface area contributed by atoms with Gasteiger partial charge in [0.25, 0.3) is 0 Å². The van der Waals surface area contributed by atoms with Gasteiger partial charge in [-0.3, -0.25) is 0 Å². The summed E-state index contributed by atoms with van der Waals surface area (Å²) in [7, 11) is 0. The van der Waals surface area contributed by atoms with E-state index in [1.807, 2.05) is 18.2 Å². The molecule has 0 saturated heterocycles. The Balaban J connectivity index is 1.30. The van der Waals surface area contributed by atoms with Gasteiger partial charge in [-0.2, -0.15) is 5.26 Å². The lowest BCUT2D eigenvalue weighted by Crippen LogP contribution is -2.10. The van der Waals surface area contributed by atoms with E-state index < -0.39 is 5.97 Å². The molecule has 0 atom stereocenters. The van der Waals surface area contributed by atoms with E-state index in [9.17, 15) is 4.79 Å². The summed E-state index contributed by atoms with van der Waals surface area (Å²) in [6, 6.07) is 47.7. The molecule has 0 bridgehead atoms. The minimum Gasteiger partial charge on any atom is -0.477 e. The minimum absolute atomic E-state index is 0.275. The standard InChI is InChI=1S/C36H24N2O2S/c37-24-29(36(39)40)23-32-21-22-35(41-32)28-15-13-25(14-16-28)26-17-19-31(20-18-26)38(30-9-2-1-3-10-30)34-12-6-8-27-7-4-5-11-33(27)34/h1-23H,(H,39,40). The Morgan fingerprint density at radius 1 is 0.683 bits per heavy atom. The van der Waals surface area contributed by atoms with E-state index in [0.29, 0.717) is 0 Å². The maximum absolute atomic E-state index is 11.1. The molecule has 0 saturated carbocycles. The van der Waals surface area contributed by atoms with E-state index in [-0.39, 0.29) is 5.57 Å². The molecule has 196 valence electrons. The first-order valence-electron chi connectivity index (χ1n) is 13.1. The highest BCUT2D eigenvalue weighted by molar-refractivity contribution is 7.16. The number of benzene rings is 5. The molecule has 0 radical (unpaired) electrons. The van der Waals surface area contributed by atoms with Gasteiger partial charge in [0.15, 0.2) is 0 Å². The van der Waals surface area contributed by atoms with Crippen molar-refractivity contribution in [2.75, 3.05) is 4.90 Å². The number of hydrogen-bond donors (Lipinski definition) is 1. The quantitative estimate of drug-likeness (QED) is 0.159. The average molecular weight is 549 g/mol. The van der Waals surface area contributed by atoms with Gasteiger partial charge in [-0.1, -0.05) is 91.0 Å².